The molecule has 23 heavy (non-hydrogen) atoms. The molecule has 0 saturated carbocycles. The summed E-state index contributed by atoms with van der Waals surface area (Å²) in [4.78, 5) is 19.0. The van der Waals surface area contributed by atoms with Crippen molar-refractivity contribution in [2.45, 2.75) is 45.6 Å². The van der Waals surface area contributed by atoms with Gasteiger partial charge in [0.15, 0.2) is 0 Å². The largest absolute Gasteiger partial charge is 0.339 e. The zero-order chi connectivity index (χ0) is 17.1. The number of rotatable bonds is 5. The number of allylic oxidation sites excluding steroid dienone is 5. The topological polar surface area (TPSA) is 44.7 Å². The normalized spacial score (nSPS) is 21.7. The van der Waals surface area contributed by atoms with Crippen LogP contribution in [0.1, 0.15) is 39.5 Å². The van der Waals surface area contributed by atoms with E-state index in [0.717, 1.165) is 37.9 Å². The van der Waals surface area contributed by atoms with E-state index in [1.54, 1.807) is 13.3 Å². The average Bonchev–Trinajstić information content (AvgIpc) is 2.52. The van der Waals surface area contributed by atoms with Crippen LogP contribution in [0.25, 0.3) is 0 Å². The molecule has 4 heteroatoms. The summed E-state index contributed by atoms with van der Waals surface area (Å²) in [5.74, 6) is 0.0926. The molecule has 0 aromatic heterocycles. The maximum absolute atomic E-state index is 12.9. The van der Waals surface area contributed by atoms with Crippen molar-refractivity contribution in [1.29, 1.82) is 0 Å². The predicted molar refractivity (Wildman–Crippen MR) is 99.0 cm³/mol. The first-order valence-electron chi connectivity index (χ1n) is 8.53. The molecule has 1 aliphatic heterocycles. The second-order valence-corrected chi connectivity index (χ2v) is 5.93. The van der Waals surface area contributed by atoms with Crippen LogP contribution in [0.5, 0.6) is 0 Å². The summed E-state index contributed by atoms with van der Waals surface area (Å²) >= 11 is 0. The van der Waals surface area contributed by atoms with Gasteiger partial charge in [0.2, 0.25) is 0 Å². The Kier molecular flexibility index (Phi) is 9.22. The highest BCUT2D eigenvalue weighted by atomic mass is 16.2. The fraction of sp³-hybridized carbons (Fsp3) is 0.579. The molecule has 1 unspecified atom stereocenters. The van der Waals surface area contributed by atoms with Crippen LogP contribution >= 0.6 is 0 Å². The summed E-state index contributed by atoms with van der Waals surface area (Å²) in [5.41, 5.74) is 1.64. The summed E-state index contributed by atoms with van der Waals surface area (Å²) < 4.78 is 0. The molecular formula is C19H31N3O. The van der Waals surface area contributed by atoms with Gasteiger partial charge in [-0.25, -0.2) is 0 Å². The second-order valence-electron chi connectivity index (χ2n) is 5.93. The number of nitrogens with one attached hydrogen (secondary N) is 1. The molecule has 128 valence electrons. The van der Waals surface area contributed by atoms with Gasteiger partial charge in [-0.3, -0.25) is 9.79 Å². The van der Waals surface area contributed by atoms with Gasteiger partial charge in [-0.15, -0.1) is 0 Å². The molecule has 0 bridgehead atoms. The van der Waals surface area contributed by atoms with Crippen molar-refractivity contribution in [2.75, 3.05) is 27.2 Å². The first-order chi connectivity index (χ1) is 11.1. The number of carbonyl (C=O) groups excluding carboxylic acids is 1. The summed E-state index contributed by atoms with van der Waals surface area (Å²) in [6.07, 6.45) is 14.0. The quantitative estimate of drug-likeness (QED) is 0.481. The van der Waals surface area contributed by atoms with Crippen LogP contribution in [0.4, 0.5) is 0 Å². The first-order valence-corrected chi connectivity index (χ1v) is 8.53. The number of nitrogens with zero attached hydrogens (tertiary/aromatic N) is 2. The predicted octanol–water partition coefficient (Wildman–Crippen LogP) is 3.13. The molecule has 0 spiro atoms. The number of hydrogen-bond donors (Lipinski definition) is 1. The number of aliphatic imine (C=N–C) groups is 1. The lowest BCUT2D eigenvalue weighted by atomic mass is 10.0. The lowest BCUT2D eigenvalue weighted by Crippen LogP contribution is -2.39. The lowest BCUT2D eigenvalue weighted by molar-refractivity contribution is -0.127. The van der Waals surface area contributed by atoms with Gasteiger partial charge in [0.05, 0.1) is 5.57 Å². The molecule has 1 rings (SSSR count). The Morgan fingerprint density at radius 3 is 2.65 bits per heavy atom. The molecule has 1 fully saturated rings. The van der Waals surface area contributed by atoms with Crippen molar-refractivity contribution in [3.05, 3.63) is 35.5 Å². The van der Waals surface area contributed by atoms with Crippen LogP contribution in [-0.2, 0) is 4.79 Å². The van der Waals surface area contributed by atoms with E-state index in [0.29, 0.717) is 11.6 Å². The molecule has 1 aliphatic rings. The van der Waals surface area contributed by atoms with Crippen LogP contribution in [-0.4, -0.2) is 50.2 Å². The Bertz CT molecular complexity index is 489. The van der Waals surface area contributed by atoms with E-state index in [4.69, 9.17) is 0 Å². The van der Waals surface area contributed by atoms with E-state index in [9.17, 15) is 4.79 Å². The van der Waals surface area contributed by atoms with E-state index in [2.05, 4.69) is 10.3 Å². The van der Waals surface area contributed by atoms with Gasteiger partial charge in [0.25, 0.3) is 5.91 Å². The third-order valence-corrected chi connectivity index (χ3v) is 4.24. The number of hydrogen-bond acceptors (Lipinski definition) is 3. The van der Waals surface area contributed by atoms with Crippen molar-refractivity contribution in [3.63, 3.8) is 0 Å². The molecule has 0 radical (unpaired) electrons. The monoisotopic (exact) mass is 317 g/mol. The van der Waals surface area contributed by atoms with E-state index in [1.807, 2.05) is 50.1 Å². The Balaban J connectivity index is 2.93. The highest BCUT2D eigenvalue weighted by Gasteiger charge is 2.21. The molecule has 1 saturated heterocycles. The molecule has 0 aromatic rings. The van der Waals surface area contributed by atoms with Crippen molar-refractivity contribution < 1.29 is 4.79 Å². The molecule has 1 amide bonds. The van der Waals surface area contributed by atoms with Gasteiger partial charge >= 0.3 is 0 Å². The fourth-order valence-corrected chi connectivity index (χ4v) is 2.78. The number of likely N-dealkylation sites (tertiary alicyclic amines) is 1. The standard InChI is InChI=1S/C19H31N3O/c1-5-6-7-10-16(2)18(15-20-3)19(23)22-13-9-8-11-17(21-4)12-14-22/h5-7,10,15,17,21H,8-9,11-14H2,1-4H3/b6-5-,10-7-,18-16-,20-15-. The Hall–Kier alpha value is -1.68. The number of carbonyl (C=O) groups is 1. The summed E-state index contributed by atoms with van der Waals surface area (Å²) in [6.45, 7) is 5.58. The lowest BCUT2D eigenvalue weighted by Gasteiger charge is -2.29. The van der Waals surface area contributed by atoms with Gasteiger partial charge in [0, 0.05) is 32.4 Å². The van der Waals surface area contributed by atoms with Gasteiger partial charge in [-0.1, -0.05) is 30.7 Å². The summed E-state index contributed by atoms with van der Waals surface area (Å²) in [5, 5.41) is 3.35. The van der Waals surface area contributed by atoms with E-state index >= 15 is 0 Å². The molecule has 1 atom stereocenters. The zero-order valence-electron chi connectivity index (χ0n) is 15.0. The smallest absolute Gasteiger partial charge is 0.255 e. The maximum Gasteiger partial charge on any atom is 0.255 e. The maximum atomic E-state index is 12.9. The zero-order valence-corrected chi connectivity index (χ0v) is 15.0. The first kappa shape index (κ1) is 19.4. The summed E-state index contributed by atoms with van der Waals surface area (Å²) in [6, 6.07) is 0.508. The van der Waals surface area contributed by atoms with Crippen molar-refractivity contribution in [3.8, 4) is 0 Å². The van der Waals surface area contributed by atoms with Crippen molar-refractivity contribution >= 4 is 12.1 Å². The van der Waals surface area contributed by atoms with E-state index in [1.165, 1.54) is 6.42 Å². The van der Waals surface area contributed by atoms with Gasteiger partial charge in [-0.05, 0) is 45.7 Å². The van der Waals surface area contributed by atoms with Crippen LogP contribution in [0.15, 0.2) is 40.4 Å². The highest BCUT2D eigenvalue weighted by Crippen LogP contribution is 2.15. The van der Waals surface area contributed by atoms with E-state index < -0.39 is 0 Å². The molecular weight excluding hydrogens is 286 g/mol. The SMILES string of the molecule is C\C=C/C=C\C(C)=C(\C=N/C)C(=O)N1CCCCC(NC)CC1. The van der Waals surface area contributed by atoms with Crippen LogP contribution < -0.4 is 5.32 Å². The Morgan fingerprint density at radius 2 is 2.00 bits per heavy atom. The van der Waals surface area contributed by atoms with E-state index in [-0.39, 0.29) is 5.91 Å². The Labute approximate surface area is 141 Å². The van der Waals surface area contributed by atoms with Gasteiger partial charge in [-0.2, -0.15) is 0 Å². The number of amides is 1. The van der Waals surface area contributed by atoms with Crippen LogP contribution in [0.2, 0.25) is 0 Å². The van der Waals surface area contributed by atoms with Crippen molar-refractivity contribution in [2.24, 2.45) is 4.99 Å². The average molecular weight is 317 g/mol. The van der Waals surface area contributed by atoms with Crippen molar-refractivity contribution in [1.82, 2.24) is 10.2 Å². The third kappa shape index (κ3) is 6.53. The molecule has 1 heterocycles. The van der Waals surface area contributed by atoms with Gasteiger partial charge < -0.3 is 10.2 Å². The molecule has 1 N–H and O–H groups in total. The molecule has 0 aromatic carbocycles. The minimum absolute atomic E-state index is 0.0926. The van der Waals surface area contributed by atoms with Crippen LogP contribution in [0.3, 0.4) is 0 Å². The Morgan fingerprint density at radius 1 is 1.22 bits per heavy atom. The fourth-order valence-electron chi connectivity index (χ4n) is 2.78. The van der Waals surface area contributed by atoms with Crippen LogP contribution in [0, 0.1) is 0 Å². The summed E-state index contributed by atoms with van der Waals surface area (Å²) in [7, 11) is 3.71. The minimum atomic E-state index is 0.0926. The second kappa shape index (κ2) is 10.9. The third-order valence-electron chi connectivity index (χ3n) is 4.24. The molecule has 4 nitrogen and oxygen atoms in total. The minimum Gasteiger partial charge on any atom is -0.339 e. The highest BCUT2D eigenvalue weighted by molar-refractivity contribution is 6.13. The van der Waals surface area contributed by atoms with Gasteiger partial charge in [0.1, 0.15) is 0 Å². The molecule has 0 aliphatic carbocycles.